The number of imidazole rings is 1. The lowest BCUT2D eigenvalue weighted by molar-refractivity contribution is -0.137. The standard InChI is InChI=1S/C20H17FN2O2S/c1-13-6-8-14(9-7-13)17-12-22-20(26-18-10-11-25-19(18)24)23(17)16-5-3-2-4-15(16)21/h2-9,12,18H,10-11H2,1H3/t18-/m0/s1. The minimum atomic E-state index is -0.338. The molecule has 0 aliphatic carbocycles. The fourth-order valence-electron chi connectivity index (χ4n) is 2.92. The van der Waals surface area contributed by atoms with Crippen LogP contribution in [0.25, 0.3) is 16.9 Å². The Morgan fingerprint density at radius 2 is 1.96 bits per heavy atom. The summed E-state index contributed by atoms with van der Waals surface area (Å²) in [4.78, 5) is 16.3. The van der Waals surface area contributed by atoms with E-state index in [1.54, 1.807) is 29.0 Å². The minimum Gasteiger partial charge on any atom is -0.465 e. The highest BCUT2D eigenvalue weighted by Crippen LogP contribution is 2.35. The van der Waals surface area contributed by atoms with Crippen molar-refractivity contribution >= 4 is 17.7 Å². The molecule has 0 unspecified atom stereocenters. The van der Waals surface area contributed by atoms with E-state index in [0.29, 0.717) is 23.9 Å². The number of esters is 1. The van der Waals surface area contributed by atoms with Gasteiger partial charge in [-0.15, -0.1) is 0 Å². The zero-order chi connectivity index (χ0) is 18.1. The molecule has 0 amide bonds. The number of para-hydroxylation sites is 1. The maximum Gasteiger partial charge on any atom is 0.319 e. The second-order valence-electron chi connectivity index (χ2n) is 6.14. The second kappa shape index (κ2) is 6.96. The number of rotatable bonds is 4. The van der Waals surface area contributed by atoms with E-state index in [4.69, 9.17) is 4.74 Å². The van der Waals surface area contributed by atoms with E-state index in [1.165, 1.54) is 17.8 Å². The highest BCUT2D eigenvalue weighted by molar-refractivity contribution is 8.00. The summed E-state index contributed by atoms with van der Waals surface area (Å²) in [6, 6.07) is 14.6. The van der Waals surface area contributed by atoms with Crippen LogP contribution < -0.4 is 0 Å². The molecule has 2 aromatic carbocycles. The molecular weight excluding hydrogens is 351 g/mol. The molecule has 0 saturated carbocycles. The van der Waals surface area contributed by atoms with Crippen LogP contribution in [0, 0.1) is 12.7 Å². The maximum atomic E-state index is 14.5. The Bertz CT molecular complexity index is 953. The number of ether oxygens (including phenoxy) is 1. The summed E-state index contributed by atoms with van der Waals surface area (Å²) < 4.78 is 21.3. The molecule has 132 valence electrons. The summed E-state index contributed by atoms with van der Waals surface area (Å²) in [5.74, 6) is -0.579. The molecule has 3 aromatic rings. The molecule has 1 aromatic heterocycles. The molecule has 6 heteroatoms. The van der Waals surface area contributed by atoms with Gasteiger partial charge >= 0.3 is 5.97 Å². The Morgan fingerprint density at radius 3 is 2.65 bits per heavy atom. The van der Waals surface area contributed by atoms with Crippen LogP contribution in [0.1, 0.15) is 12.0 Å². The molecule has 0 N–H and O–H groups in total. The largest absolute Gasteiger partial charge is 0.465 e. The first-order chi connectivity index (χ1) is 12.6. The third kappa shape index (κ3) is 3.12. The Morgan fingerprint density at radius 1 is 1.19 bits per heavy atom. The molecule has 26 heavy (non-hydrogen) atoms. The smallest absolute Gasteiger partial charge is 0.319 e. The van der Waals surface area contributed by atoms with Crippen molar-refractivity contribution in [1.82, 2.24) is 9.55 Å². The van der Waals surface area contributed by atoms with Crippen molar-refractivity contribution < 1.29 is 13.9 Å². The van der Waals surface area contributed by atoms with E-state index in [0.717, 1.165) is 16.8 Å². The molecule has 0 bridgehead atoms. The number of hydrogen-bond acceptors (Lipinski definition) is 4. The van der Waals surface area contributed by atoms with Gasteiger partial charge in [0.2, 0.25) is 0 Å². The zero-order valence-electron chi connectivity index (χ0n) is 14.2. The first kappa shape index (κ1) is 16.8. The van der Waals surface area contributed by atoms with Crippen LogP contribution in [-0.2, 0) is 9.53 Å². The Balaban J connectivity index is 1.83. The van der Waals surface area contributed by atoms with Crippen molar-refractivity contribution in [3.8, 4) is 16.9 Å². The lowest BCUT2D eigenvalue weighted by atomic mass is 10.1. The molecule has 4 nitrogen and oxygen atoms in total. The number of cyclic esters (lactones) is 1. The third-order valence-electron chi connectivity index (χ3n) is 4.31. The van der Waals surface area contributed by atoms with E-state index in [-0.39, 0.29) is 17.0 Å². The summed E-state index contributed by atoms with van der Waals surface area (Å²) in [5, 5.41) is 0.267. The summed E-state index contributed by atoms with van der Waals surface area (Å²) in [6.45, 7) is 2.44. The van der Waals surface area contributed by atoms with Crippen LogP contribution in [0.3, 0.4) is 0 Å². The average Bonchev–Trinajstić information content (AvgIpc) is 3.23. The number of hydrogen-bond donors (Lipinski definition) is 0. The molecular formula is C20H17FN2O2S. The SMILES string of the molecule is Cc1ccc(-c2cnc(S[C@H]3CCOC3=O)n2-c2ccccc2F)cc1. The molecule has 0 spiro atoms. The molecule has 2 heterocycles. The van der Waals surface area contributed by atoms with E-state index in [2.05, 4.69) is 4.98 Å². The number of halogens is 1. The van der Waals surface area contributed by atoms with Gasteiger partial charge in [-0.2, -0.15) is 0 Å². The number of thioether (sulfide) groups is 1. The number of benzene rings is 2. The van der Waals surface area contributed by atoms with Gasteiger partial charge in [0.25, 0.3) is 0 Å². The number of aryl methyl sites for hydroxylation is 1. The lowest BCUT2D eigenvalue weighted by Gasteiger charge is -2.14. The van der Waals surface area contributed by atoms with Gasteiger partial charge in [0.1, 0.15) is 11.1 Å². The molecule has 1 fully saturated rings. The second-order valence-corrected chi connectivity index (χ2v) is 7.31. The quantitative estimate of drug-likeness (QED) is 0.641. The van der Waals surface area contributed by atoms with E-state index >= 15 is 0 Å². The van der Waals surface area contributed by atoms with Gasteiger partial charge in [-0.25, -0.2) is 9.37 Å². The van der Waals surface area contributed by atoms with Crippen LogP contribution in [0.5, 0.6) is 0 Å². The van der Waals surface area contributed by atoms with Gasteiger partial charge in [0, 0.05) is 12.0 Å². The van der Waals surface area contributed by atoms with Gasteiger partial charge in [0.05, 0.1) is 24.2 Å². The van der Waals surface area contributed by atoms with E-state index < -0.39 is 0 Å². The first-order valence-electron chi connectivity index (χ1n) is 8.36. The van der Waals surface area contributed by atoms with Crippen molar-refractivity contribution in [2.75, 3.05) is 6.61 Å². The highest BCUT2D eigenvalue weighted by Gasteiger charge is 2.30. The summed E-state index contributed by atoms with van der Waals surface area (Å²) in [7, 11) is 0. The van der Waals surface area contributed by atoms with E-state index in [1.807, 2.05) is 31.2 Å². The molecule has 0 radical (unpaired) electrons. The van der Waals surface area contributed by atoms with Gasteiger partial charge in [-0.3, -0.25) is 9.36 Å². The van der Waals surface area contributed by atoms with Gasteiger partial charge in [-0.05, 0) is 19.1 Å². The van der Waals surface area contributed by atoms with Gasteiger partial charge in [0.15, 0.2) is 5.16 Å². The van der Waals surface area contributed by atoms with Gasteiger partial charge < -0.3 is 4.74 Å². The maximum absolute atomic E-state index is 14.5. The molecule has 1 saturated heterocycles. The Kier molecular flexibility index (Phi) is 4.51. The van der Waals surface area contributed by atoms with Crippen molar-refractivity contribution in [3.63, 3.8) is 0 Å². The van der Waals surface area contributed by atoms with Crippen LogP contribution in [-0.4, -0.2) is 27.4 Å². The van der Waals surface area contributed by atoms with Gasteiger partial charge in [-0.1, -0.05) is 53.7 Å². The summed E-state index contributed by atoms with van der Waals surface area (Å²) >= 11 is 1.32. The molecule has 4 rings (SSSR count). The predicted octanol–water partition coefficient (Wildman–Crippen LogP) is 4.39. The first-order valence-corrected chi connectivity index (χ1v) is 9.24. The molecule has 1 aliphatic rings. The monoisotopic (exact) mass is 368 g/mol. The van der Waals surface area contributed by atoms with Crippen LogP contribution in [0.2, 0.25) is 0 Å². The van der Waals surface area contributed by atoms with Crippen molar-refractivity contribution in [1.29, 1.82) is 0 Å². The minimum absolute atomic E-state index is 0.241. The normalized spacial score (nSPS) is 16.7. The lowest BCUT2D eigenvalue weighted by Crippen LogP contribution is -2.11. The fourth-order valence-corrected chi connectivity index (χ4v) is 3.97. The summed E-state index contributed by atoms with van der Waals surface area (Å²) in [6.07, 6.45) is 2.35. The highest BCUT2D eigenvalue weighted by atomic mass is 32.2. The van der Waals surface area contributed by atoms with Crippen LogP contribution >= 0.6 is 11.8 Å². The number of carbonyl (C=O) groups excluding carboxylic acids is 1. The topological polar surface area (TPSA) is 44.1 Å². The van der Waals surface area contributed by atoms with Crippen molar-refractivity contribution in [2.24, 2.45) is 0 Å². The summed E-state index contributed by atoms with van der Waals surface area (Å²) in [5.41, 5.74) is 3.28. The Labute approximate surface area is 155 Å². The third-order valence-corrected chi connectivity index (χ3v) is 5.52. The number of aromatic nitrogens is 2. The van der Waals surface area contributed by atoms with Crippen molar-refractivity contribution in [2.45, 2.75) is 23.8 Å². The fraction of sp³-hybridized carbons (Fsp3) is 0.200. The molecule has 1 aliphatic heterocycles. The van der Waals surface area contributed by atoms with Crippen molar-refractivity contribution in [3.05, 3.63) is 66.1 Å². The number of carbonyl (C=O) groups is 1. The zero-order valence-corrected chi connectivity index (χ0v) is 15.0. The predicted molar refractivity (Wildman–Crippen MR) is 98.9 cm³/mol. The van der Waals surface area contributed by atoms with Crippen LogP contribution in [0.15, 0.2) is 59.9 Å². The van der Waals surface area contributed by atoms with Crippen LogP contribution in [0.4, 0.5) is 4.39 Å². The number of nitrogens with zero attached hydrogens (tertiary/aromatic N) is 2. The molecule has 1 atom stereocenters. The van der Waals surface area contributed by atoms with E-state index in [9.17, 15) is 9.18 Å². The average molecular weight is 368 g/mol. The Hall–Kier alpha value is -2.60.